The van der Waals surface area contributed by atoms with E-state index in [9.17, 15) is 8.42 Å². The van der Waals surface area contributed by atoms with Gasteiger partial charge in [0.1, 0.15) is 11.6 Å². The van der Waals surface area contributed by atoms with Crippen molar-refractivity contribution in [1.82, 2.24) is 14.3 Å². The Morgan fingerprint density at radius 3 is 2.46 bits per heavy atom. The van der Waals surface area contributed by atoms with E-state index in [1.807, 2.05) is 32.0 Å². The van der Waals surface area contributed by atoms with Gasteiger partial charge in [-0.05, 0) is 32.6 Å². The Morgan fingerprint density at radius 1 is 1.08 bits per heavy atom. The molecule has 2 heterocycles. The Kier molecular flexibility index (Phi) is 5.11. The molecule has 1 aromatic rings. The third-order valence-corrected chi connectivity index (χ3v) is 7.55. The van der Waals surface area contributed by atoms with E-state index in [4.69, 9.17) is 0 Å². The summed E-state index contributed by atoms with van der Waals surface area (Å²) in [4.78, 5) is 10.9. The highest BCUT2D eigenvalue weighted by Gasteiger charge is 2.40. The van der Waals surface area contributed by atoms with Gasteiger partial charge in [-0.15, -0.1) is 0 Å². The molecular weight excluding hydrogens is 324 g/mol. The molecule has 1 aromatic heterocycles. The van der Waals surface area contributed by atoms with Crippen molar-refractivity contribution in [1.29, 1.82) is 0 Å². The van der Waals surface area contributed by atoms with E-state index >= 15 is 0 Å². The van der Waals surface area contributed by atoms with Crippen LogP contribution in [0.25, 0.3) is 0 Å². The first kappa shape index (κ1) is 17.6. The number of aromatic nitrogens is 2. The monoisotopic (exact) mass is 352 g/mol. The maximum atomic E-state index is 13.1. The SMILES string of the molecule is Cc1nc([C@@H]2CCCN2S(=O)(=O)C2CCCCC2)cc(N(C)C)n1. The number of rotatable bonds is 4. The van der Waals surface area contributed by atoms with Crippen molar-refractivity contribution in [2.24, 2.45) is 0 Å². The van der Waals surface area contributed by atoms with Gasteiger partial charge in [0.2, 0.25) is 10.0 Å². The molecular formula is C17H28N4O2S. The van der Waals surface area contributed by atoms with Crippen LogP contribution in [0.5, 0.6) is 0 Å². The van der Waals surface area contributed by atoms with Crippen LogP contribution >= 0.6 is 0 Å². The summed E-state index contributed by atoms with van der Waals surface area (Å²) in [6, 6.07) is 1.80. The van der Waals surface area contributed by atoms with Crippen LogP contribution in [0.4, 0.5) is 5.82 Å². The third-order valence-electron chi connectivity index (χ3n) is 5.15. The number of hydrogen-bond acceptors (Lipinski definition) is 5. The highest BCUT2D eigenvalue weighted by molar-refractivity contribution is 7.89. The van der Waals surface area contributed by atoms with Crippen LogP contribution in [-0.2, 0) is 10.0 Å². The van der Waals surface area contributed by atoms with Gasteiger partial charge < -0.3 is 4.90 Å². The lowest BCUT2D eigenvalue weighted by Crippen LogP contribution is -2.39. The molecule has 24 heavy (non-hydrogen) atoms. The first-order valence-electron chi connectivity index (χ1n) is 8.93. The highest BCUT2D eigenvalue weighted by Crippen LogP contribution is 2.38. The van der Waals surface area contributed by atoms with Crippen molar-refractivity contribution < 1.29 is 8.42 Å². The van der Waals surface area contributed by atoms with Crippen LogP contribution in [0.3, 0.4) is 0 Å². The van der Waals surface area contributed by atoms with Crippen molar-refractivity contribution >= 4 is 15.8 Å². The average molecular weight is 353 g/mol. The van der Waals surface area contributed by atoms with E-state index in [2.05, 4.69) is 9.97 Å². The van der Waals surface area contributed by atoms with Gasteiger partial charge in [0.15, 0.2) is 0 Å². The van der Waals surface area contributed by atoms with Crippen molar-refractivity contribution in [2.75, 3.05) is 25.5 Å². The molecule has 1 saturated carbocycles. The lowest BCUT2D eigenvalue weighted by atomic mass is 10.0. The van der Waals surface area contributed by atoms with E-state index in [1.54, 1.807) is 4.31 Å². The third kappa shape index (κ3) is 3.42. The van der Waals surface area contributed by atoms with Crippen LogP contribution < -0.4 is 4.90 Å². The molecule has 1 saturated heterocycles. The van der Waals surface area contributed by atoms with Crippen LogP contribution in [0.2, 0.25) is 0 Å². The van der Waals surface area contributed by atoms with Crippen LogP contribution in [-0.4, -0.2) is 48.6 Å². The first-order chi connectivity index (χ1) is 11.4. The fourth-order valence-corrected chi connectivity index (χ4v) is 6.13. The normalized spacial score (nSPS) is 23.5. The minimum atomic E-state index is -3.25. The smallest absolute Gasteiger partial charge is 0.217 e. The number of aryl methyl sites for hydroxylation is 1. The van der Waals surface area contributed by atoms with Gasteiger partial charge in [-0.2, -0.15) is 4.31 Å². The Balaban J connectivity index is 1.90. The Labute approximate surface area is 145 Å². The zero-order chi connectivity index (χ0) is 17.3. The van der Waals surface area contributed by atoms with E-state index in [-0.39, 0.29) is 11.3 Å². The summed E-state index contributed by atoms with van der Waals surface area (Å²) in [7, 11) is 0.637. The van der Waals surface area contributed by atoms with Gasteiger partial charge in [-0.3, -0.25) is 0 Å². The van der Waals surface area contributed by atoms with E-state index < -0.39 is 10.0 Å². The van der Waals surface area contributed by atoms with Gasteiger partial charge in [0.25, 0.3) is 0 Å². The number of sulfonamides is 1. The molecule has 0 unspecified atom stereocenters. The predicted octanol–water partition coefficient (Wildman–Crippen LogP) is 2.65. The minimum Gasteiger partial charge on any atom is -0.363 e. The molecule has 7 heteroatoms. The average Bonchev–Trinajstić information content (AvgIpc) is 3.05. The second kappa shape index (κ2) is 6.96. The van der Waals surface area contributed by atoms with Gasteiger partial charge in [0.05, 0.1) is 17.0 Å². The fraction of sp³-hybridized carbons (Fsp3) is 0.765. The highest BCUT2D eigenvalue weighted by atomic mass is 32.2. The number of hydrogen-bond donors (Lipinski definition) is 0. The van der Waals surface area contributed by atoms with Gasteiger partial charge >= 0.3 is 0 Å². The molecule has 1 aliphatic heterocycles. The summed E-state index contributed by atoms with van der Waals surface area (Å²) < 4.78 is 28.0. The number of nitrogens with zero attached hydrogens (tertiary/aromatic N) is 4. The zero-order valence-electron chi connectivity index (χ0n) is 14.9. The van der Waals surface area contributed by atoms with E-state index in [0.717, 1.165) is 56.5 Å². The standard InChI is InChI=1S/C17H28N4O2S/c1-13-18-15(12-17(19-13)20(2)3)16-10-7-11-21(16)24(22,23)14-8-5-4-6-9-14/h12,14,16H,4-11H2,1-3H3/t16-/m0/s1. The largest absolute Gasteiger partial charge is 0.363 e. The summed E-state index contributed by atoms with van der Waals surface area (Å²) >= 11 is 0. The molecule has 0 amide bonds. The van der Waals surface area contributed by atoms with Crippen molar-refractivity contribution in [3.05, 3.63) is 17.6 Å². The molecule has 1 aliphatic carbocycles. The molecule has 3 rings (SSSR count). The van der Waals surface area contributed by atoms with Gasteiger partial charge in [-0.1, -0.05) is 19.3 Å². The Bertz CT molecular complexity index is 684. The molecule has 0 radical (unpaired) electrons. The first-order valence-corrected chi connectivity index (χ1v) is 10.4. The van der Waals surface area contributed by atoms with Crippen LogP contribution in [0.1, 0.15) is 62.5 Å². The maximum absolute atomic E-state index is 13.1. The lowest BCUT2D eigenvalue weighted by Gasteiger charge is -2.30. The summed E-state index contributed by atoms with van der Waals surface area (Å²) in [5, 5.41) is -0.205. The van der Waals surface area contributed by atoms with Crippen LogP contribution in [0, 0.1) is 6.92 Å². The maximum Gasteiger partial charge on any atom is 0.217 e. The molecule has 0 N–H and O–H groups in total. The van der Waals surface area contributed by atoms with E-state index in [1.165, 1.54) is 0 Å². The van der Waals surface area contributed by atoms with Crippen molar-refractivity contribution in [2.45, 2.75) is 63.2 Å². The fourth-order valence-electron chi connectivity index (χ4n) is 3.87. The Morgan fingerprint density at radius 2 is 1.79 bits per heavy atom. The lowest BCUT2D eigenvalue weighted by molar-refractivity contribution is 0.369. The zero-order valence-corrected chi connectivity index (χ0v) is 15.7. The molecule has 0 bridgehead atoms. The molecule has 2 aliphatic rings. The summed E-state index contributed by atoms with van der Waals surface area (Å²) in [5.41, 5.74) is 0.836. The molecule has 2 fully saturated rings. The molecule has 0 aromatic carbocycles. The predicted molar refractivity (Wildman–Crippen MR) is 95.6 cm³/mol. The van der Waals surface area contributed by atoms with Crippen molar-refractivity contribution in [3.63, 3.8) is 0 Å². The summed E-state index contributed by atoms with van der Waals surface area (Å²) in [6.45, 7) is 2.48. The summed E-state index contributed by atoms with van der Waals surface area (Å²) in [6.07, 6.45) is 6.56. The second-order valence-electron chi connectivity index (χ2n) is 7.17. The molecule has 1 atom stereocenters. The van der Waals surface area contributed by atoms with Gasteiger partial charge in [0, 0.05) is 26.7 Å². The van der Waals surface area contributed by atoms with E-state index in [0.29, 0.717) is 12.4 Å². The Hall–Kier alpha value is -1.21. The number of anilines is 1. The topological polar surface area (TPSA) is 66.4 Å². The molecule has 6 nitrogen and oxygen atoms in total. The van der Waals surface area contributed by atoms with Crippen molar-refractivity contribution in [3.8, 4) is 0 Å². The molecule has 134 valence electrons. The molecule has 0 spiro atoms. The summed E-state index contributed by atoms with van der Waals surface area (Å²) in [5.74, 6) is 1.53. The minimum absolute atomic E-state index is 0.141. The van der Waals surface area contributed by atoms with Crippen LogP contribution in [0.15, 0.2) is 6.07 Å². The second-order valence-corrected chi connectivity index (χ2v) is 9.33. The quantitative estimate of drug-likeness (QED) is 0.833. The van der Waals surface area contributed by atoms with Gasteiger partial charge in [-0.25, -0.2) is 18.4 Å².